The number of imide groups is 1. The summed E-state index contributed by atoms with van der Waals surface area (Å²) in [4.78, 5) is 38.4. The number of anilines is 1. The number of fused-ring (bicyclic) bond motifs is 5. The Kier molecular flexibility index (Phi) is 7.13. The normalized spacial score (nSPS) is 23.3. The third-order valence-electron chi connectivity index (χ3n) is 7.27. The predicted molar refractivity (Wildman–Crippen MR) is 144 cm³/mol. The summed E-state index contributed by atoms with van der Waals surface area (Å²) in [7, 11) is 0. The van der Waals surface area contributed by atoms with Gasteiger partial charge in [0.15, 0.2) is 18.1 Å². The van der Waals surface area contributed by atoms with Gasteiger partial charge in [0.25, 0.3) is 17.7 Å². The first kappa shape index (κ1) is 25.4. The number of hydrogen-bond acceptors (Lipinski definition) is 6. The van der Waals surface area contributed by atoms with Crippen molar-refractivity contribution in [3.05, 3.63) is 77.9 Å². The number of hydrogen-bond donors (Lipinski definition) is 1. The number of ether oxygens (including phenoxy) is 2. The Labute approximate surface area is 222 Å². The summed E-state index contributed by atoms with van der Waals surface area (Å²) in [5.41, 5.74) is 3.17. The smallest absolute Gasteiger partial charge is 0.262 e. The van der Waals surface area contributed by atoms with E-state index in [4.69, 9.17) is 9.47 Å². The SMILES string of the molecule is C=CCc1cc(C=NN2C(=O)[C@@H]3[C@H](C2=O)[C@H]2C=C[C@H]3C2)cc(OCC)c1OCC(=O)Nc1ccc(C)cc1. The number of nitrogens with one attached hydrogen (secondary N) is 1. The van der Waals surface area contributed by atoms with E-state index in [1.54, 1.807) is 12.1 Å². The molecule has 8 heteroatoms. The van der Waals surface area contributed by atoms with Crippen molar-refractivity contribution in [3.8, 4) is 11.5 Å². The van der Waals surface area contributed by atoms with Crippen LogP contribution in [0.2, 0.25) is 0 Å². The lowest BCUT2D eigenvalue weighted by molar-refractivity contribution is -0.140. The molecule has 4 atom stereocenters. The van der Waals surface area contributed by atoms with Crippen LogP contribution in [0.25, 0.3) is 0 Å². The third-order valence-corrected chi connectivity index (χ3v) is 7.27. The van der Waals surface area contributed by atoms with Gasteiger partial charge in [0.2, 0.25) is 0 Å². The molecule has 3 aliphatic rings. The van der Waals surface area contributed by atoms with Crippen molar-refractivity contribution in [2.75, 3.05) is 18.5 Å². The first-order chi connectivity index (χ1) is 18.4. The van der Waals surface area contributed by atoms with E-state index in [1.807, 2.05) is 44.2 Å². The Morgan fingerprint density at radius 1 is 1.11 bits per heavy atom. The van der Waals surface area contributed by atoms with E-state index in [0.717, 1.165) is 22.6 Å². The molecule has 0 radical (unpaired) electrons. The quantitative estimate of drug-likeness (QED) is 0.291. The van der Waals surface area contributed by atoms with Crippen LogP contribution in [-0.2, 0) is 20.8 Å². The molecule has 2 aromatic rings. The summed E-state index contributed by atoms with van der Waals surface area (Å²) in [6.45, 7) is 7.83. The average Bonchev–Trinajstić information content (AvgIpc) is 3.58. The molecule has 2 aliphatic carbocycles. The van der Waals surface area contributed by atoms with Gasteiger partial charge in [0.1, 0.15) is 0 Å². The molecule has 1 saturated heterocycles. The number of hydrazone groups is 1. The Balaban J connectivity index is 1.33. The molecule has 0 spiro atoms. The van der Waals surface area contributed by atoms with E-state index >= 15 is 0 Å². The molecule has 1 aliphatic heterocycles. The van der Waals surface area contributed by atoms with E-state index in [2.05, 4.69) is 29.1 Å². The second-order valence-corrected chi connectivity index (χ2v) is 9.87. The van der Waals surface area contributed by atoms with E-state index in [1.165, 1.54) is 6.21 Å². The van der Waals surface area contributed by atoms with E-state index in [0.29, 0.717) is 35.8 Å². The minimum atomic E-state index is -0.299. The molecule has 2 bridgehead atoms. The molecule has 1 saturated carbocycles. The van der Waals surface area contributed by atoms with Crippen LogP contribution in [0.1, 0.15) is 30.0 Å². The Bertz CT molecular complexity index is 1300. The van der Waals surface area contributed by atoms with Crippen molar-refractivity contribution in [3.63, 3.8) is 0 Å². The zero-order valence-corrected chi connectivity index (χ0v) is 21.6. The fourth-order valence-corrected chi connectivity index (χ4v) is 5.59. The fourth-order valence-electron chi connectivity index (χ4n) is 5.59. The highest BCUT2D eigenvalue weighted by molar-refractivity contribution is 6.06. The van der Waals surface area contributed by atoms with Crippen LogP contribution < -0.4 is 14.8 Å². The molecule has 8 nitrogen and oxygen atoms in total. The highest BCUT2D eigenvalue weighted by Gasteiger charge is 2.59. The molecule has 2 fully saturated rings. The second-order valence-electron chi connectivity index (χ2n) is 9.87. The van der Waals surface area contributed by atoms with Gasteiger partial charge in [-0.05, 0) is 68.4 Å². The molecule has 5 rings (SSSR count). The Hall–Kier alpha value is -4.20. The fraction of sp³-hybridized carbons (Fsp3) is 0.333. The maximum atomic E-state index is 13.0. The van der Waals surface area contributed by atoms with Crippen LogP contribution >= 0.6 is 0 Å². The maximum Gasteiger partial charge on any atom is 0.262 e. The first-order valence-corrected chi connectivity index (χ1v) is 12.9. The molecule has 196 valence electrons. The van der Waals surface area contributed by atoms with Crippen molar-refractivity contribution >= 4 is 29.6 Å². The third kappa shape index (κ3) is 4.86. The first-order valence-electron chi connectivity index (χ1n) is 12.9. The van der Waals surface area contributed by atoms with Gasteiger partial charge in [-0.1, -0.05) is 35.9 Å². The number of allylic oxidation sites excluding steroid dienone is 3. The lowest BCUT2D eigenvalue weighted by Crippen LogP contribution is -2.28. The summed E-state index contributed by atoms with van der Waals surface area (Å²) in [6, 6.07) is 11.1. The summed E-state index contributed by atoms with van der Waals surface area (Å²) in [5, 5.41) is 8.13. The van der Waals surface area contributed by atoms with E-state index in [-0.39, 0.29) is 48.0 Å². The van der Waals surface area contributed by atoms with Gasteiger partial charge in [0, 0.05) is 11.3 Å². The van der Waals surface area contributed by atoms with Crippen molar-refractivity contribution in [2.45, 2.75) is 26.7 Å². The predicted octanol–water partition coefficient (Wildman–Crippen LogP) is 4.28. The number of carbonyl (C=O) groups is 3. The number of amides is 3. The summed E-state index contributed by atoms with van der Waals surface area (Å²) < 4.78 is 11.8. The molecule has 38 heavy (non-hydrogen) atoms. The van der Waals surface area contributed by atoms with E-state index in [9.17, 15) is 14.4 Å². The summed E-state index contributed by atoms with van der Waals surface area (Å²) in [5.74, 6) is -0.226. The van der Waals surface area contributed by atoms with Crippen molar-refractivity contribution < 1.29 is 23.9 Å². The zero-order chi connectivity index (χ0) is 26.8. The number of rotatable bonds is 10. The molecule has 3 amide bonds. The van der Waals surface area contributed by atoms with Crippen molar-refractivity contribution in [1.82, 2.24) is 5.01 Å². The average molecular weight is 514 g/mol. The number of nitrogens with zero attached hydrogens (tertiary/aromatic N) is 2. The molecule has 2 aromatic carbocycles. The molecule has 0 aromatic heterocycles. The second kappa shape index (κ2) is 10.7. The zero-order valence-electron chi connectivity index (χ0n) is 21.6. The minimum absolute atomic E-state index is 0.130. The van der Waals surface area contributed by atoms with Crippen LogP contribution in [0.5, 0.6) is 11.5 Å². The molecule has 0 unspecified atom stereocenters. The van der Waals surface area contributed by atoms with Crippen LogP contribution in [0, 0.1) is 30.6 Å². The molecular weight excluding hydrogens is 482 g/mol. The monoisotopic (exact) mass is 513 g/mol. The van der Waals surface area contributed by atoms with Gasteiger partial charge in [-0.2, -0.15) is 10.1 Å². The molecular formula is C30H31N3O5. The van der Waals surface area contributed by atoms with Gasteiger partial charge in [-0.3, -0.25) is 14.4 Å². The van der Waals surface area contributed by atoms with Crippen LogP contribution in [0.15, 0.2) is 66.3 Å². The Morgan fingerprint density at radius 3 is 2.42 bits per heavy atom. The number of benzene rings is 2. The van der Waals surface area contributed by atoms with Crippen molar-refractivity contribution in [2.24, 2.45) is 28.8 Å². The van der Waals surface area contributed by atoms with Gasteiger partial charge >= 0.3 is 0 Å². The van der Waals surface area contributed by atoms with Crippen molar-refractivity contribution in [1.29, 1.82) is 0 Å². The van der Waals surface area contributed by atoms with Crippen LogP contribution in [0.3, 0.4) is 0 Å². The van der Waals surface area contributed by atoms with Gasteiger partial charge in [0.05, 0.1) is 24.7 Å². The highest BCUT2D eigenvalue weighted by Crippen LogP contribution is 2.52. The number of aryl methyl sites for hydroxylation is 1. The molecule has 1 heterocycles. The van der Waals surface area contributed by atoms with E-state index < -0.39 is 0 Å². The topological polar surface area (TPSA) is 97.3 Å². The molecule has 1 N–H and O–H groups in total. The standard InChI is InChI=1S/C30H31N3O5/c1-4-6-22-13-19(16-31-33-29(35)26-20-9-10-21(15-20)27(26)30(33)36)14-24(37-5-2)28(22)38-17-25(34)32-23-11-7-18(3)8-12-23/h4,7-14,16,20-21,26-27H,1,5-6,15,17H2,2-3H3,(H,32,34)/t20-,21-,26-,27+/m0/s1. The largest absolute Gasteiger partial charge is 0.490 e. The lowest BCUT2D eigenvalue weighted by atomic mass is 9.85. The summed E-state index contributed by atoms with van der Waals surface area (Å²) in [6.07, 6.45) is 8.66. The Morgan fingerprint density at radius 2 is 1.79 bits per heavy atom. The van der Waals surface area contributed by atoms with Crippen LogP contribution in [0.4, 0.5) is 5.69 Å². The van der Waals surface area contributed by atoms with Crippen LogP contribution in [-0.4, -0.2) is 42.2 Å². The summed E-state index contributed by atoms with van der Waals surface area (Å²) >= 11 is 0. The minimum Gasteiger partial charge on any atom is -0.490 e. The highest BCUT2D eigenvalue weighted by atomic mass is 16.5. The van der Waals surface area contributed by atoms with Gasteiger partial charge < -0.3 is 14.8 Å². The maximum absolute atomic E-state index is 13.0. The van der Waals surface area contributed by atoms with Gasteiger partial charge in [-0.25, -0.2) is 0 Å². The number of carbonyl (C=O) groups excluding carboxylic acids is 3. The lowest BCUT2D eigenvalue weighted by Gasteiger charge is -2.17. The van der Waals surface area contributed by atoms with Gasteiger partial charge in [-0.15, -0.1) is 6.58 Å².